The molecule has 172 valence electrons. The Morgan fingerprint density at radius 1 is 1.09 bits per heavy atom. The molecule has 13 heteroatoms. The number of hydrogen-bond acceptors (Lipinski definition) is 6. The number of ether oxygens (including phenoxy) is 1. The van der Waals surface area contributed by atoms with Crippen molar-refractivity contribution in [3.8, 4) is 11.5 Å². The number of benzene rings is 2. The smallest absolute Gasteiger partial charge is 0.416 e. The standard InChI is InChI=1S/C20H15F4N5O4/c1-10-2-3-11(8-13(10)20(22,23)24)27-19(30)28-12-4-5-15(14(21)9-12)33-16-6-7-26-18(25)17(16)29(31)32/h2-9H,1H3,(H2,25,26)(H2,27,28,30). The van der Waals surface area contributed by atoms with Crippen LogP contribution >= 0.6 is 0 Å². The molecule has 33 heavy (non-hydrogen) atoms. The lowest BCUT2D eigenvalue weighted by atomic mass is 10.1. The summed E-state index contributed by atoms with van der Waals surface area (Å²) in [4.78, 5) is 26.0. The Labute approximate surface area is 183 Å². The summed E-state index contributed by atoms with van der Waals surface area (Å²) >= 11 is 0. The summed E-state index contributed by atoms with van der Waals surface area (Å²) in [6, 6.07) is 6.66. The molecule has 0 bridgehead atoms. The van der Waals surface area contributed by atoms with Crippen molar-refractivity contribution in [2.45, 2.75) is 13.1 Å². The molecule has 0 atom stereocenters. The number of nitrogens with zero attached hydrogens (tertiary/aromatic N) is 2. The summed E-state index contributed by atoms with van der Waals surface area (Å²) < 4.78 is 58.7. The van der Waals surface area contributed by atoms with Crippen LogP contribution in [0.1, 0.15) is 11.1 Å². The van der Waals surface area contributed by atoms with Crippen molar-refractivity contribution in [1.29, 1.82) is 0 Å². The van der Waals surface area contributed by atoms with E-state index in [0.717, 1.165) is 30.5 Å². The first-order valence-corrected chi connectivity index (χ1v) is 9.08. The zero-order valence-corrected chi connectivity index (χ0v) is 16.7. The molecule has 0 saturated carbocycles. The molecule has 2 amide bonds. The second kappa shape index (κ2) is 8.98. The third-order valence-corrected chi connectivity index (χ3v) is 4.31. The van der Waals surface area contributed by atoms with E-state index in [1.54, 1.807) is 0 Å². The highest BCUT2D eigenvalue weighted by Gasteiger charge is 2.32. The molecule has 9 nitrogen and oxygen atoms in total. The maximum absolute atomic E-state index is 14.4. The third-order valence-electron chi connectivity index (χ3n) is 4.31. The van der Waals surface area contributed by atoms with Crippen molar-refractivity contribution in [1.82, 2.24) is 4.98 Å². The van der Waals surface area contributed by atoms with Gasteiger partial charge in [0, 0.05) is 29.7 Å². The fourth-order valence-corrected chi connectivity index (χ4v) is 2.80. The number of carbonyl (C=O) groups is 1. The fraction of sp³-hybridized carbons (Fsp3) is 0.100. The van der Waals surface area contributed by atoms with Crippen LogP contribution in [0.2, 0.25) is 0 Å². The van der Waals surface area contributed by atoms with E-state index in [-0.39, 0.29) is 22.7 Å². The van der Waals surface area contributed by atoms with Crippen LogP contribution in [0, 0.1) is 22.9 Å². The number of nitro groups is 1. The number of nitrogens with two attached hydrogens (primary N) is 1. The molecule has 0 aliphatic carbocycles. The molecule has 0 aliphatic rings. The molecule has 0 fully saturated rings. The summed E-state index contributed by atoms with van der Waals surface area (Å²) in [5, 5.41) is 15.6. The number of nitrogens with one attached hydrogen (secondary N) is 2. The normalized spacial score (nSPS) is 11.1. The van der Waals surface area contributed by atoms with Crippen LogP contribution in [0.25, 0.3) is 0 Å². The van der Waals surface area contributed by atoms with Gasteiger partial charge in [0.1, 0.15) is 0 Å². The van der Waals surface area contributed by atoms with E-state index in [1.165, 1.54) is 25.1 Å². The molecule has 0 aliphatic heterocycles. The van der Waals surface area contributed by atoms with Gasteiger partial charge in [-0.15, -0.1) is 0 Å². The topological polar surface area (TPSA) is 132 Å². The lowest BCUT2D eigenvalue weighted by molar-refractivity contribution is -0.384. The van der Waals surface area contributed by atoms with Gasteiger partial charge in [0.2, 0.25) is 11.6 Å². The van der Waals surface area contributed by atoms with Crippen LogP contribution in [0.5, 0.6) is 11.5 Å². The van der Waals surface area contributed by atoms with Crippen molar-refractivity contribution < 1.29 is 32.0 Å². The largest absolute Gasteiger partial charge is 0.447 e. The van der Waals surface area contributed by atoms with E-state index in [0.29, 0.717) is 0 Å². The molecule has 0 saturated heterocycles. The van der Waals surface area contributed by atoms with Crippen molar-refractivity contribution in [2.75, 3.05) is 16.4 Å². The number of amides is 2. The summed E-state index contributed by atoms with van der Waals surface area (Å²) in [7, 11) is 0. The minimum atomic E-state index is -4.59. The predicted octanol–water partition coefficient (Wildman–Crippen LogP) is 5.47. The van der Waals surface area contributed by atoms with E-state index in [4.69, 9.17) is 10.5 Å². The molecule has 4 N–H and O–H groups in total. The molecule has 3 aromatic rings. The Morgan fingerprint density at radius 2 is 1.73 bits per heavy atom. The quantitative estimate of drug-likeness (QED) is 0.260. The highest BCUT2D eigenvalue weighted by atomic mass is 19.4. The number of anilines is 3. The number of aromatic nitrogens is 1. The number of hydrogen-bond donors (Lipinski definition) is 3. The van der Waals surface area contributed by atoms with Crippen LogP contribution in [-0.4, -0.2) is 15.9 Å². The maximum Gasteiger partial charge on any atom is 0.416 e. The SMILES string of the molecule is Cc1ccc(NC(=O)Nc2ccc(Oc3ccnc(N)c3[N+](=O)[O-])c(F)c2)cc1C(F)(F)F. The van der Waals surface area contributed by atoms with E-state index in [2.05, 4.69) is 15.6 Å². The minimum Gasteiger partial charge on any atom is -0.447 e. The number of alkyl halides is 3. The van der Waals surface area contributed by atoms with Gasteiger partial charge in [0.05, 0.1) is 10.5 Å². The van der Waals surface area contributed by atoms with Crippen LogP contribution in [-0.2, 0) is 6.18 Å². The van der Waals surface area contributed by atoms with Crippen molar-refractivity contribution in [3.05, 3.63) is 75.7 Å². The Bertz CT molecular complexity index is 1230. The first-order chi connectivity index (χ1) is 15.5. The highest BCUT2D eigenvalue weighted by Crippen LogP contribution is 2.36. The van der Waals surface area contributed by atoms with E-state index < -0.39 is 45.8 Å². The van der Waals surface area contributed by atoms with Gasteiger partial charge >= 0.3 is 17.9 Å². The Hall–Kier alpha value is -4.42. The number of pyridine rings is 1. The number of nitrogen functional groups attached to an aromatic ring is 1. The predicted molar refractivity (Wildman–Crippen MR) is 111 cm³/mol. The van der Waals surface area contributed by atoms with Gasteiger partial charge in [0.15, 0.2) is 11.6 Å². The molecule has 2 aromatic carbocycles. The van der Waals surface area contributed by atoms with Crippen LogP contribution < -0.4 is 21.1 Å². The molecule has 0 radical (unpaired) electrons. The Kier molecular flexibility index (Phi) is 6.33. The summed E-state index contributed by atoms with van der Waals surface area (Å²) in [5.74, 6) is -2.14. The molecule has 1 heterocycles. The Balaban J connectivity index is 1.73. The molecular formula is C20H15F4N5O4. The van der Waals surface area contributed by atoms with Crippen molar-refractivity contribution in [3.63, 3.8) is 0 Å². The monoisotopic (exact) mass is 465 g/mol. The minimum absolute atomic E-state index is 0.0118. The Morgan fingerprint density at radius 3 is 2.33 bits per heavy atom. The molecule has 0 spiro atoms. The fourth-order valence-electron chi connectivity index (χ4n) is 2.80. The zero-order valence-electron chi connectivity index (χ0n) is 16.7. The lowest BCUT2D eigenvalue weighted by Gasteiger charge is -2.13. The first kappa shape index (κ1) is 23.2. The van der Waals surface area contributed by atoms with Gasteiger partial charge in [-0.2, -0.15) is 13.2 Å². The number of halogens is 4. The van der Waals surface area contributed by atoms with Gasteiger partial charge in [0.25, 0.3) is 0 Å². The van der Waals surface area contributed by atoms with Crippen LogP contribution in [0.4, 0.5) is 45.2 Å². The number of urea groups is 1. The molecule has 1 aromatic heterocycles. The second-order valence-corrected chi connectivity index (χ2v) is 6.65. The van der Waals surface area contributed by atoms with Gasteiger partial charge in [-0.25, -0.2) is 14.2 Å². The second-order valence-electron chi connectivity index (χ2n) is 6.65. The first-order valence-electron chi connectivity index (χ1n) is 9.08. The van der Waals surface area contributed by atoms with Crippen LogP contribution in [0.3, 0.4) is 0 Å². The number of carbonyl (C=O) groups excluding carboxylic acids is 1. The van der Waals surface area contributed by atoms with Crippen LogP contribution in [0.15, 0.2) is 48.7 Å². The summed E-state index contributed by atoms with van der Waals surface area (Å²) in [6.45, 7) is 1.29. The van der Waals surface area contributed by atoms with Gasteiger partial charge in [-0.05, 0) is 36.8 Å². The number of rotatable bonds is 5. The zero-order chi connectivity index (χ0) is 24.3. The average molecular weight is 465 g/mol. The van der Waals surface area contributed by atoms with Crippen molar-refractivity contribution >= 4 is 28.9 Å². The molecule has 3 rings (SSSR count). The summed E-state index contributed by atoms with van der Waals surface area (Å²) in [6.07, 6.45) is -3.45. The summed E-state index contributed by atoms with van der Waals surface area (Å²) in [5.41, 5.74) is 3.73. The third kappa shape index (κ3) is 5.44. The lowest BCUT2D eigenvalue weighted by Crippen LogP contribution is -2.20. The number of aryl methyl sites for hydroxylation is 1. The highest BCUT2D eigenvalue weighted by molar-refractivity contribution is 5.99. The van der Waals surface area contributed by atoms with Gasteiger partial charge in [-0.3, -0.25) is 10.1 Å². The average Bonchev–Trinajstić information content (AvgIpc) is 2.70. The molecular weight excluding hydrogens is 450 g/mol. The van der Waals surface area contributed by atoms with E-state index in [9.17, 15) is 32.5 Å². The maximum atomic E-state index is 14.4. The van der Waals surface area contributed by atoms with E-state index in [1.807, 2.05) is 0 Å². The molecule has 0 unspecified atom stereocenters. The van der Waals surface area contributed by atoms with Crippen molar-refractivity contribution in [2.24, 2.45) is 0 Å². The van der Waals surface area contributed by atoms with Gasteiger partial charge < -0.3 is 21.1 Å². The van der Waals surface area contributed by atoms with E-state index >= 15 is 0 Å². The van der Waals surface area contributed by atoms with Gasteiger partial charge in [-0.1, -0.05) is 6.07 Å².